The second kappa shape index (κ2) is 9.68. The maximum Gasteiger partial charge on any atom is 0.247 e. The Morgan fingerprint density at radius 2 is 1.75 bits per heavy atom. The van der Waals surface area contributed by atoms with Crippen LogP contribution in [0.15, 0.2) is 54.7 Å². The molecule has 186 valence electrons. The number of nitrogens with zero attached hydrogens (tertiary/aromatic N) is 2. The fourth-order valence-electron chi connectivity index (χ4n) is 3.53. The minimum Gasteiger partial charge on any atom is -0.454 e. The van der Waals surface area contributed by atoms with Crippen molar-refractivity contribution in [3.8, 4) is 11.5 Å². The van der Waals surface area contributed by atoms with Crippen LogP contribution in [0.5, 0.6) is 11.5 Å². The maximum absolute atomic E-state index is 15.3. The van der Waals surface area contributed by atoms with Crippen molar-refractivity contribution in [2.45, 2.75) is 26.2 Å². The van der Waals surface area contributed by atoms with Crippen LogP contribution in [0.2, 0.25) is 0 Å². The highest BCUT2D eigenvalue weighted by Gasteiger charge is 2.57. The van der Waals surface area contributed by atoms with E-state index in [1.165, 1.54) is 30.5 Å². The average molecular weight is 498 g/mol. The molecule has 3 amide bonds. The number of pyridine rings is 1. The van der Waals surface area contributed by atoms with Crippen molar-refractivity contribution in [3.05, 3.63) is 72.2 Å². The molecule has 1 saturated carbocycles. The summed E-state index contributed by atoms with van der Waals surface area (Å²) in [5.41, 5.74) is 3.38. The number of ether oxygens (including phenoxy) is 1. The summed E-state index contributed by atoms with van der Waals surface area (Å²) in [6.07, 6.45) is 1.84. The molecule has 0 spiro atoms. The molecule has 11 heteroatoms. The Hall–Kier alpha value is -4.41. The van der Waals surface area contributed by atoms with Crippen molar-refractivity contribution in [3.63, 3.8) is 0 Å². The standard InChI is InChI=1S/C25H21F3N4O4/c1-2-22(33)31-21-11-16(7-10-30-21)36-20-13-17(27)19(12-18(20)28)32(15-5-3-14(26)4-6-15)24(35)25(8-9-25)23(29)34/h3-7,10-13H,2,8-9H2,1H3,(H2,29,34)(H,30,31,33). The molecule has 1 fully saturated rings. The number of hydrogen-bond donors (Lipinski definition) is 2. The molecule has 0 saturated heterocycles. The van der Waals surface area contributed by atoms with Gasteiger partial charge in [0.15, 0.2) is 17.4 Å². The van der Waals surface area contributed by atoms with Gasteiger partial charge in [0.2, 0.25) is 17.7 Å². The molecule has 0 radical (unpaired) electrons. The molecule has 1 heterocycles. The molecule has 3 N–H and O–H groups in total. The lowest BCUT2D eigenvalue weighted by molar-refractivity contribution is -0.133. The van der Waals surface area contributed by atoms with Gasteiger partial charge in [-0.05, 0) is 43.2 Å². The summed E-state index contributed by atoms with van der Waals surface area (Å²) in [6.45, 7) is 1.66. The summed E-state index contributed by atoms with van der Waals surface area (Å²) in [5, 5.41) is 2.53. The summed E-state index contributed by atoms with van der Waals surface area (Å²) in [5.74, 6) is -4.98. The topological polar surface area (TPSA) is 115 Å². The average Bonchev–Trinajstić information content (AvgIpc) is 3.66. The summed E-state index contributed by atoms with van der Waals surface area (Å²) >= 11 is 0. The Morgan fingerprint density at radius 3 is 2.36 bits per heavy atom. The van der Waals surface area contributed by atoms with Crippen LogP contribution in [0.1, 0.15) is 26.2 Å². The number of halogens is 3. The molecule has 1 aromatic heterocycles. The first-order valence-electron chi connectivity index (χ1n) is 11.0. The number of carbonyl (C=O) groups excluding carboxylic acids is 3. The number of carbonyl (C=O) groups is 3. The Labute approximate surface area is 203 Å². The molecule has 2 aromatic carbocycles. The van der Waals surface area contributed by atoms with Crippen LogP contribution in [-0.2, 0) is 14.4 Å². The molecular formula is C25H21F3N4O4. The van der Waals surface area contributed by atoms with Gasteiger partial charge in [0, 0.05) is 36.5 Å². The molecule has 0 bridgehead atoms. The zero-order chi connectivity index (χ0) is 26.0. The largest absolute Gasteiger partial charge is 0.454 e. The second-order valence-corrected chi connectivity index (χ2v) is 8.18. The van der Waals surface area contributed by atoms with Gasteiger partial charge in [-0.3, -0.25) is 19.3 Å². The summed E-state index contributed by atoms with van der Waals surface area (Å²) in [6, 6.07) is 8.69. The number of benzene rings is 2. The van der Waals surface area contributed by atoms with E-state index in [0.29, 0.717) is 0 Å². The minimum absolute atomic E-state index is 0.0198. The zero-order valence-corrected chi connectivity index (χ0v) is 19.1. The van der Waals surface area contributed by atoms with Crippen LogP contribution in [0.3, 0.4) is 0 Å². The lowest BCUT2D eigenvalue weighted by Gasteiger charge is -2.27. The van der Waals surface area contributed by atoms with Crippen molar-refractivity contribution in [2.75, 3.05) is 10.2 Å². The molecule has 3 aromatic rings. The predicted molar refractivity (Wildman–Crippen MR) is 124 cm³/mol. The van der Waals surface area contributed by atoms with Crippen molar-refractivity contribution in [1.29, 1.82) is 0 Å². The SMILES string of the molecule is CCC(=O)Nc1cc(Oc2cc(F)c(N(C(=O)C3(C(N)=O)CC3)c3ccc(F)cc3)cc2F)ccn1. The number of nitrogens with one attached hydrogen (secondary N) is 1. The van der Waals surface area contributed by atoms with Crippen LogP contribution in [-0.4, -0.2) is 22.7 Å². The number of rotatable bonds is 8. The minimum atomic E-state index is -1.55. The normalized spacial score (nSPS) is 13.6. The van der Waals surface area contributed by atoms with Gasteiger partial charge < -0.3 is 15.8 Å². The highest BCUT2D eigenvalue weighted by Crippen LogP contribution is 2.49. The lowest BCUT2D eigenvalue weighted by atomic mass is 10.0. The van der Waals surface area contributed by atoms with E-state index in [0.717, 1.165) is 29.2 Å². The molecule has 1 aliphatic rings. The molecule has 0 atom stereocenters. The Balaban J connectivity index is 1.70. The third-order valence-corrected chi connectivity index (χ3v) is 5.71. The van der Waals surface area contributed by atoms with Gasteiger partial charge in [0.1, 0.15) is 22.8 Å². The maximum atomic E-state index is 15.3. The van der Waals surface area contributed by atoms with Crippen molar-refractivity contribution in [2.24, 2.45) is 11.1 Å². The predicted octanol–water partition coefficient (Wildman–Crippen LogP) is 4.57. The van der Waals surface area contributed by atoms with E-state index < -0.39 is 46.1 Å². The third-order valence-electron chi connectivity index (χ3n) is 5.71. The Kier molecular flexibility index (Phi) is 6.65. The first-order valence-corrected chi connectivity index (χ1v) is 11.0. The van der Waals surface area contributed by atoms with E-state index >= 15 is 8.78 Å². The van der Waals surface area contributed by atoms with Crippen LogP contribution < -0.4 is 20.7 Å². The fraction of sp³-hybridized carbons (Fsp3) is 0.200. The quantitative estimate of drug-likeness (QED) is 0.442. The highest BCUT2D eigenvalue weighted by atomic mass is 19.1. The van der Waals surface area contributed by atoms with Gasteiger partial charge in [-0.15, -0.1) is 0 Å². The van der Waals surface area contributed by atoms with E-state index in [2.05, 4.69) is 10.3 Å². The van der Waals surface area contributed by atoms with E-state index in [9.17, 15) is 18.8 Å². The summed E-state index contributed by atoms with van der Waals surface area (Å²) < 4.78 is 49.3. The van der Waals surface area contributed by atoms with Crippen molar-refractivity contribution >= 4 is 34.9 Å². The van der Waals surface area contributed by atoms with E-state index in [1.54, 1.807) is 6.92 Å². The van der Waals surface area contributed by atoms with Crippen molar-refractivity contribution in [1.82, 2.24) is 4.98 Å². The van der Waals surface area contributed by atoms with Gasteiger partial charge in [-0.25, -0.2) is 18.2 Å². The van der Waals surface area contributed by atoms with Gasteiger partial charge in [0.25, 0.3) is 0 Å². The molecule has 1 aliphatic carbocycles. The van der Waals surface area contributed by atoms with E-state index in [1.807, 2.05) is 0 Å². The first-order chi connectivity index (χ1) is 17.1. The smallest absolute Gasteiger partial charge is 0.247 e. The lowest BCUT2D eigenvalue weighted by Crippen LogP contribution is -2.41. The fourth-order valence-corrected chi connectivity index (χ4v) is 3.53. The third kappa shape index (κ3) is 4.85. The van der Waals surface area contributed by atoms with Crippen LogP contribution >= 0.6 is 0 Å². The number of nitrogens with two attached hydrogens (primary N) is 1. The number of primary amides is 1. The molecule has 0 unspecified atom stereocenters. The number of anilines is 3. The molecule has 0 aliphatic heterocycles. The van der Waals surface area contributed by atoms with Gasteiger partial charge in [-0.2, -0.15) is 0 Å². The van der Waals surface area contributed by atoms with E-state index in [4.69, 9.17) is 10.5 Å². The Bertz CT molecular complexity index is 1340. The number of aromatic nitrogens is 1. The first kappa shape index (κ1) is 24.7. The summed E-state index contributed by atoms with van der Waals surface area (Å²) in [4.78, 5) is 41.6. The molecule has 4 rings (SSSR count). The van der Waals surface area contributed by atoms with E-state index in [-0.39, 0.29) is 42.4 Å². The Morgan fingerprint density at radius 1 is 1.06 bits per heavy atom. The highest BCUT2D eigenvalue weighted by molar-refractivity contribution is 6.16. The monoisotopic (exact) mass is 498 g/mol. The van der Waals surface area contributed by atoms with Crippen molar-refractivity contribution < 1.29 is 32.3 Å². The van der Waals surface area contributed by atoms with Crippen LogP contribution in [0.4, 0.5) is 30.4 Å². The van der Waals surface area contributed by atoms with Gasteiger partial charge >= 0.3 is 0 Å². The zero-order valence-electron chi connectivity index (χ0n) is 19.1. The van der Waals surface area contributed by atoms with Crippen LogP contribution in [0, 0.1) is 22.9 Å². The number of hydrogen-bond acceptors (Lipinski definition) is 5. The second-order valence-electron chi connectivity index (χ2n) is 8.18. The summed E-state index contributed by atoms with van der Waals surface area (Å²) in [7, 11) is 0. The van der Waals surface area contributed by atoms with Crippen LogP contribution in [0.25, 0.3) is 0 Å². The van der Waals surface area contributed by atoms with Gasteiger partial charge in [0.05, 0.1) is 5.69 Å². The number of amides is 3. The molecular weight excluding hydrogens is 477 g/mol. The molecule has 8 nitrogen and oxygen atoms in total. The van der Waals surface area contributed by atoms with Gasteiger partial charge in [-0.1, -0.05) is 6.92 Å². The molecule has 36 heavy (non-hydrogen) atoms.